The Labute approximate surface area is 116 Å². The normalized spacial score (nSPS) is 20.4. The molecule has 0 bridgehead atoms. The van der Waals surface area contributed by atoms with E-state index in [0.29, 0.717) is 6.04 Å². The van der Waals surface area contributed by atoms with Crippen molar-refractivity contribution in [2.75, 3.05) is 26.9 Å². The van der Waals surface area contributed by atoms with Crippen molar-refractivity contribution in [3.63, 3.8) is 0 Å². The van der Waals surface area contributed by atoms with Crippen LogP contribution in [-0.2, 0) is 10.2 Å². The molecule has 1 saturated heterocycles. The SMILES string of the molecule is COc1cc(C)c(C2COCCN2)cc1C(C)(C)C. The number of morpholine rings is 1. The molecule has 1 atom stereocenters. The van der Waals surface area contributed by atoms with E-state index in [0.717, 1.165) is 25.5 Å². The van der Waals surface area contributed by atoms with Crippen LogP contribution in [0.3, 0.4) is 0 Å². The molecule has 3 heteroatoms. The first-order chi connectivity index (χ1) is 8.93. The Balaban J connectivity index is 2.44. The second-order valence-electron chi connectivity index (χ2n) is 6.24. The topological polar surface area (TPSA) is 30.5 Å². The first-order valence-corrected chi connectivity index (χ1v) is 6.93. The van der Waals surface area contributed by atoms with Crippen molar-refractivity contribution in [3.05, 3.63) is 28.8 Å². The van der Waals surface area contributed by atoms with E-state index in [1.54, 1.807) is 7.11 Å². The standard InChI is InChI=1S/C16H25NO2/c1-11-8-15(18-5)13(16(2,3)4)9-12(11)14-10-19-7-6-17-14/h8-9,14,17H,6-7,10H2,1-5H3. The Hall–Kier alpha value is -1.06. The summed E-state index contributed by atoms with van der Waals surface area (Å²) in [6, 6.07) is 4.72. The minimum atomic E-state index is 0.0727. The van der Waals surface area contributed by atoms with Crippen LogP contribution in [0.5, 0.6) is 5.75 Å². The van der Waals surface area contributed by atoms with Gasteiger partial charge >= 0.3 is 0 Å². The molecular formula is C16H25NO2. The Morgan fingerprint density at radius 1 is 1.32 bits per heavy atom. The van der Waals surface area contributed by atoms with Crippen LogP contribution in [0.15, 0.2) is 12.1 Å². The summed E-state index contributed by atoms with van der Waals surface area (Å²) in [5, 5.41) is 3.53. The van der Waals surface area contributed by atoms with E-state index >= 15 is 0 Å². The van der Waals surface area contributed by atoms with Crippen molar-refractivity contribution >= 4 is 0 Å². The molecule has 1 aliphatic heterocycles. The summed E-state index contributed by atoms with van der Waals surface area (Å²) in [5.41, 5.74) is 3.91. The molecule has 0 aromatic heterocycles. The Morgan fingerprint density at radius 2 is 2.05 bits per heavy atom. The minimum Gasteiger partial charge on any atom is -0.496 e. The maximum absolute atomic E-state index is 5.58. The molecule has 1 aromatic carbocycles. The minimum absolute atomic E-state index is 0.0727. The predicted molar refractivity (Wildman–Crippen MR) is 78.0 cm³/mol. The lowest BCUT2D eigenvalue weighted by molar-refractivity contribution is 0.0766. The van der Waals surface area contributed by atoms with Crippen molar-refractivity contribution in [1.29, 1.82) is 0 Å². The average molecular weight is 263 g/mol. The quantitative estimate of drug-likeness (QED) is 0.890. The van der Waals surface area contributed by atoms with E-state index < -0.39 is 0 Å². The molecule has 3 nitrogen and oxygen atoms in total. The van der Waals surface area contributed by atoms with Crippen molar-refractivity contribution in [3.8, 4) is 5.75 Å². The van der Waals surface area contributed by atoms with E-state index in [2.05, 4.69) is 45.1 Å². The first-order valence-electron chi connectivity index (χ1n) is 6.93. The summed E-state index contributed by atoms with van der Waals surface area (Å²) in [5.74, 6) is 0.977. The zero-order chi connectivity index (χ0) is 14.0. The molecule has 2 rings (SSSR count). The lowest BCUT2D eigenvalue weighted by atomic mass is 9.83. The average Bonchev–Trinajstić information content (AvgIpc) is 2.38. The molecule has 0 radical (unpaired) electrons. The molecular weight excluding hydrogens is 238 g/mol. The molecule has 1 aromatic rings. The Kier molecular flexibility index (Phi) is 4.16. The monoisotopic (exact) mass is 263 g/mol. The summed E-state index contributed by atoms with van der Waals surface area (Å²) in [7, 11) is 1.74. The third kappa shape index (κ3) is 3.10. The highest BCUT2D eigenvalue weighted by Crippen LogP contribution is 2.35. The number of aryl methyl sites for hydroxylation is 1. The lowest BCUT2D eigenvalue weighted by Gasteiger charge is -2.29. The Morgan fingerprint density at radius 3 is 2.58 bits per heavy atom. The summed E-state index contributed by atoms with van der Waals surface area (Å²) in [4.78, 5) is 0. The molecule has 0 spiro atoms. The van der Waals surface area contributed by atoms with Gasteiger partial charge in [0.1, 0.15) is 5.75 Å². The predicted octanol–water partition coefficient (Wildman–Crippen LogP) is 2.96. The zero-order valence-electron chi connectivity index (χ0n) is 12.7. The smallest absolute Gasteiger partial charge is 0.122 e. The number of nitrogens with one attached hydrogen (secondary N) is 1. The third-order valence-electron chi connectivity index (χ3n) is 3.69. The molecule has 1 aliphatic rings. The fourth-order valence-corrected chi connectivity index (χ4v) is 2.59. The van der Waals surface area contributed by atoms with E-state index in [4.69, 9.17) is 9.47 Å². The van der Waals surface area contributed by atoms with Gasteiger partial charge in [0, 0.05) is 6.54 Å². The summed E-state index contributed by atoms with van der Waals surface area (Å²) in [6.07, 6.45) is 0. The second kappa shape index (κ2) is 5.51. The maximum atomic E-state index is 5.58. The van der Waals surface area contributed by atoms with Gasteiger partial charge in [-0.2, -0.15) is 0 Å². The fourth-order valence-electron chi connectivity index (χ4n) is 2.59. The van der Waals surface area contributed by atoms with Gasteiger partial charge < -0.3 is 14.8 Å². The van der Waals surface area contributed by atoms with Gasteiger partial charge in [-0.05, 0) is 41.2 Å². The van der Waals surface area contributed by atoms with Crippen molar-refractivity contribution < 1.29 is 9.47 Å². The number of hydrogen-bond acceptors (Lipinski definition) is 3. The molecule has 1 fully saturated rings. The summed E-state index contributed by atoms with van der Waals surface area (Å²) < 4.78 is 11.1. The van der Waals surface area contributed by atoms with Gasteiger partial charge in [0.15, 0.2) is 0 Å². The highest BCUT2D eigenvalue weighted by Gasteiger charge is 2.24. The van der Waals surface area contributed by atoms with Crippen LogP contribution in [-0.4, -0.2) is 26.9 Å². The molecule has 0 amide bonds. The molecule has 19 heavy (non-hydrogen) atoms. The summed E-state index contributed by atoms with van der Waals surface area (Å²) in [6.45, 7) is 11.3. The van der Waals surface area contributed by atoms with Crippen molar-refractivity contribution in [2.24, 2.45) is 0 Å². The van der Waals surface area contributed by atoms with Crippen LogP contribution >= 0.6 is 0 Å². The van der Waals surface area contributed by atoms with Crippen LogP contribution in [0.2, 0.25) is 0 Å². The van der Waals surface area contributed by atoms with Gasteiger partial charge in [-0.15, -0.1) is 0 Å². The Bertz CT molecular complexity index is 443. The summed E-state index contributed by atoms with van der Waals surface area (Å²) >= 11 is 0. The molecule has 0 aliphatic carbocycles. The number of benzene rings is 1. The van der Waals surface area contributed by atoms with E-state index in [9.17, 15) is 0 Å². The number of rotatable bonds is 2. The van der Waals surface area contributed by atoms with E-state index in [-0.39, 0.29) is 5.41 Å². The highest BCUT2D eigenvalue weighted by atomic mass is 16.5. The van der Waals surface area contributed by atoms with Crippen LogP contribution in [0.25, 0.3) is 0 Å². The maximum Gasteiger partial charge on any atom is 0.122 e. The van der Waals surface area contributed by atoms with E-state index in [1.165, 1.54) is 16.7 Å². The molecule has 0 saturated carbocycles. The van der Waals surface area contributed by atoms with Crippen molar-refractivity contribution in [1.82, 2.24) is 5.32 Å². The zero-order valence-corrected chi connectivity index (χ0v) is 12.7. The van der Waals surface area contributed by atoms with E-state index in [1.807, 2.05) is 0 Å². The number of hydrogen-bond donors (Lipinski definition) is 1. The van der Waals surface area contributed by atoms with Crippen molar-refractivity contribution in [2.45, 2.75) is 39.2 Å². The molecule has 1 unspecified atom stereocenters. The molecule has 1 N–H and O–H groups in total. The molecule has 1 heterocycles. The lowest BCUT2D eigenvalue weighted by Crippen LogP contribution is -2.35. The number of ether oxygens (including phenoxy) is 2. The van der Waals surface area contributed by atoms with Crippen LogP contribution in [0.4, 0.5) is 0 Å². The molecule has 106 valence electrons. The first kappa shape index (κ1) is 14.4. The van der Waals surface area contributed by atoms with Gasteiger partial charge in [-0.25, -0.2) is 0 Å². The van der Waals surface area contributed by atoms with Crippen LogP contribution < -0.4 is 10.1 Å². The fraction of sp³-hybridized carbons (Fsp3) is 0.625. The van der Waals surface area contributed by atoms with Gasteiger partial charge in [0.2, 0.25) is 0 Å². The third-order valence-corrected chi connectivity index (χ3v) is 3.69. The van der Waals surface area contributed by atoms with Gasteiger partial charge in [-0.3, -0.25) is 0 Å². The van der Waals surface area contributed by atoms with Gasteiger partial charge in [0.25, 0.3) is 0 Å². The second-order valence-corrected chi connectivity index (χ2v) is 6.24. The van der Waals surface area contributed by atoms with Gasteiger partial charge in [0.05, 0.1) is 26.4 Å². The number of methoxy groups -OCH3 is 1. The largest absolute Gasteiger partial charge is 0.496 e. The van der Waals surface area contributed by atoms with Crippen LogP contribution in [0, 0.1) is 6.92 Å². The van der Waals surface area contributed by atoms with Crippen LogP contribution in [0.1, 0.15) is 43.5 Å². The van der Waals surface area contributed by atoms with Gasteiger partial charge in [-0.1, -0.05) is 20.8 Å². The highest BCUT2D eigenvalue weighted by molar-refractivity contribution is 5.46.